The van der Waals surface area contributed by atoms with Gasteiger partial charge in [-0.3, -0.25) is 0 Å². The van der Waals surface area contributed by atoms with Crippen LogP contribution in [-0.4, -0.2) is 21.2 Å². The number of hydrogen-bond acceptors (Lipinski definition) is 6. The third kappa shape index (κ3) is 3.16. The fourth-order valence-corrected chi connectivity index (χ4v) is 1.60. The fourth-order valence-electron chi connectivity index (χ4n) is 1.60. The molecule has 0 saturated carbocycles. The largest absolute Gasteiger partial charge is 0.473 e. The first-order valence-electron chi connectivity index (χ1n) is 6.25. The Morgan fingerprint density at radius 2 is 1.90 bits per heavy atom. The van der Waals surface area contributed by atoms with Crippen LogP contribution in [-0.2, 0) is 6.61 Å². The first-order chi connectivity index (χ1) is 9.61. The normalized spacial score (nSPS) is 10.6. The van der Waals surface area contributed by atoms with Crippen LogP contribution in [0.25, 0.3) is 0 Å². The van der Waals surface area contributed by atoms with Crippen molar-refractivity contribution >= 4 is 5.69 Å². The summed E-state index contributed by atoms with van der Waals surface area (Å²) in [7, 11) is 0. The average Bonchev–Trinajstić information content (AvgIpc) is 2.43. The number of hydrogen-bond donors (Lipinski definition) is 2. The Kier molecular flexibility index (Phi) is 4.37. The Balaban J connectivity index is 2.29. The number of benzene rings is 1. The zero-order chi connectivity index (χ0) is 14.5. The van der Waals surface area contributed by atoms with Gasteiger partial charge in [-0.1, -0.05) is 18.2 Å². The molecule has 1 heterocycles. The zero-order valence-electron chi connectivity index (χ0n) is 11.4. The standard InChI is InChI=1S/C14H17N3O3/c1-9(2)19-13-12(15)14(17-8-16-13)20-11-6-4-3-5-10(11)7-18/h3-6,8-9,18H,7,15H2,1-2H3. The third-order valence-electron chi connectivity index (χ3n) is 2.51. The monoisotopic (exact) mass is 275 g/mol. The maximum atomic E-state index is 9.27. The van der Waals surface area contributed by atoms with Crippen molar-refractivity contribution in [2.24, 2.45) is 0 Å². The molecule has 0 bridgehead atoms. The molecule has 0 atom stereocenters. The SMILES string of the molecule is CC(C)Oc1ncnc(Oc2ccccc2CO)c1N. The second-order valence-electron chi connectivity index (χ2n) is 4.43. The quantitative estimate of drug-likeness (QED) is 0.868. The van der Waals surface area contributed by atoms with Crippen molar-refractivity contribution in [3.05, 3.63) is 36.2 Å². The van der Waals surface area contributed by atoms with E-state index in [0.717, 1.165) is 0 Å². The van der Waals surface area contributed by atoms with E-state index in [1.54, 1.807) is 18.2 Å². The number of anilines is 1. The van der Waals surface area contributed by atoms with Crippen molar-refractivity contribution in [2.75, 3.05) is 5.73 Å². The van der Waals surface area contributed by atoms with Gasteiger partial charge in [0.1, 0.15) is 12.1 Å². The van der Waals surface area contributed by atoms with E-state index in [1.807, 2.05) is 19.9 Å². The van der Waals surface area contributed by atoms with Crippen molar-refractivity contribution in [1.29, 1.82) is 0 Å². The maximum absolute atomic E-state index is 9.27. The third-order valence-corrected chi connectivity index (χ3v) is 2.51. The summed E-state index contributed by atoms with van der Waals surface area (Å²) in [4.78, 5) is 7.97. The predicted molar refractivity (Wildman–Crippen MR) is 74.6 cm³/mol. The first-order valence-corrected chi connectivity index (χ1v) is 6.25. The molecule has 1 aromatic heterocycles. The molecule has 0 saturated heterocycles. The van der Waals surface area contributed by atoms with Crippen LogP contribution in [0.15, 0.2) is 30.6 Å². The van der Waals surface area contributed by atoms with Crippen molar-refractivity contribution < 1.29 is 14.6 Å². The number of para-hydroxylation sites is 1. The van der Waals surface area contributed by atoms with Crippen molar-refractivity contribution in [2.45, 2.75) is 26.6 Å². The van der Waals surface area contributed by atoms with Crippen LogP contribution in [0, 0.1) is 0 Å². The molecule has 0 radical (unpaired) electrons. The summed E-state index contributed by atoms with van der Waals surface area (Å²) >= 11 is 0. The number of aliphatic hydroxyl groups is 1. The molecule has 0 aliphatic heterocycles. The molecule has 0 unspecified atom stereocenters. The summed E-state index contributed by atoms with van der Waals surface area (Å²) < 4.78 is 11.1. The summed E-state index contributed by atoms with van der Waals surface area (Å²) in [5.74, 6) is 0.985. The number of rotatable bonds is 5. The Morgan fingerprint density at radius 1 is 1.20 bits per heavy atom. The van der Waals surface area contributed by atoms with Gasteiger partial charge >= 0.3 is 0 Å². The highest BCUT2D eigenvalue weighted by Crippen LogP contribution is 2.32. The summed E-state index contributed by atoms with van der Waals surface area (Å²) in [6.45, 7) is 3.63. The molecule has 6 heteroatoms. The Bertz CT molecular complexity index is 588. The lowest BCUT2D eigenvalue weighted by molar-refractivity contribution is 0.232. The average molecular weight is 275 g/mol. The molecule has 0 amide bonds. The van der Waals surface area contributed by atoms with Gasteiger partial charge < -0.3 is 20.3 Å². The van der Waals surface area contributed by atoms with Gasteiger partial charge in [-0.25, -0.2) is 0 Å². The maximum Gasteiger partial charge on any atom is 0.249 e. The molecule has 20 heavy (non-hydrogen) atoms. The lowest BCUT2D eigenvalue weighted by Gasteiger charge is -2.14. The Labute approximate surface area is 117 Å². The van der Waals surface area contributed by atoms with E-state index in [0.29, 0.717) is 11.3 Å². The van der Waals surface area contributed by atoms with Crippen LogP contribution in [0.3, 0.4) is 0 Å². The van der Waals surface area contributed by atoms with E-state index >= 15 is 0 Å². The summed E-state index contributed by atoms with van der Waals surface area (Å²) in [6.07, 6.45) is 1.27. The van der Waals surface area contributed by atoms with Crippen molar-refractivity contribution in [1.82, 2.24) is 9.97 Å². The minimum absolute atomic E-state index is 0.0511. The zero-order valence-corrected chi connectivity index (χ0v) is 11.4. The van der Waals surface area contributed by atoms with Gasteiger partial charge in [0.25, 0.3) is 0 Å². The number of nitrogen functional groups attached to an aromatic ring is 1. The second-order valence-corrected chi connectivity index (χ2v) is 4.43. The highest BCUT2D eigenvalue weighted by atomic mass is 16.5. The Morgan fingerprint density at radius 3 is 2.60 bits per heavy atom. The van der Waals surface area contributed by atoms with Crippen LogP contribution in [0.1, 0.15) is 19.4 Å². The molecular weight excluding hydrogens is 258 g/mol. The minimum atomic E-state index is -0.128. The Hall–Kier alpha value is -2.34. The van der Waals surface area contributed by atoms with E-state index in [1.165, 1.54) is 6.33 Å². The van der Waals surface area contributed by atoms with Crippen molar-refractivity contribution in [3.63, 3.8) is 0 Å². The van der Waals surface area contributed by atoms with E-state index in [9.17, 15) is 5.11 Å². The smallest absolute Gasteiger partial charge is 0.249 e. The highest BCUT2D eigenvalue weighted by molar-refractivity contribution is 5.57. The van der Waals surface area contributed by atoms with Crippen LogP contribution in [0.4, 0.5) is 5.69 Å². The molecule has 2 rings (SSSR count). The summed E-state index contributed by atoms with van der Waals surface area (Å²) in [5, 5.41) is 9.27. The molecule has 106 valence electrons. The molecular formula is C14H17N3O3. The van der Waals surface area contributed by atoms with Gasteiger partial charge in [0.15, 0.2) is 5.69 Å². The van der Waals surface area contributed by atoms with Crippen LogP contribution in [0.2, 0.25) is 0 Å². The van der Waals surface area contributed by atoms with Crippen molar-refractivity contribution in [3.8, 4) is 17.5 Å². The summed E-state index contributed by atoms with van der Waals surface area (Å²) in [5.41, 5.74) is 6.81. The van der Waals surface area contributed by atoms with Gasteiger partial charge in [0, 0.05) is 5.56 Å². The number of nitrogens with two attached hydrogens (primary N) is 1. The minimum Gasteiger partial charge on any atom is -0.473 e. The van der Waals surface area contributed by atoms with E-state index in [-0.39, 0.29) is 30.2 Å². The van der Waals surface area contributed by atoms with Crippen LogP contribution >= 0.6 is 0 Å². The molecule has 0 spiro atoms. The number of ether oxygens (including phenoxy) is 2. The lowest BCUT2D eigenvalue weighted by Crippen LogP contribution is -2.10. The molecule has 1 aromatic carbocycles. The number of aliphatic hydroxyl groups excluding tert-OH is 1. The van der Waals surface area contributed by atoms with Gasteiger partial charge in [-0.05, 0) is 19.9 Å². The van der Waals surface area contributed by atoms with Crippen LogP contribution < -0.4 is 15.2 Å². The van der Waals surface area contributed by atoms with Gasteiger partial charge in [-0.15, -0.1) is 0 Å². The van der Waals surface area contributed by atoms with Crippen LogP contribution in [0.5, 0.6) is 17.5 Å². The van der Waals surface area contributed by atoms with Gasteiger partial charge in [-0.2, -0.15) is 9.97 Å². The van der Waals surface area contributed by atoms with Gasteiger partial charge in [0.2, 0.25) is 11.8 Å². The molecule has 0 aliphatic rings. The first kappa shape index (κ1) is 14.1. The van der Waals surface area contributed by atoms with E-state index in [4.69, 9.17) is 15.2 Å². The van der Waals surface area contributed by atoms with Gasteiger partial charge in [0.05, 0.1) is 12.7 Å². The molecule has 2 aromatic rings. The number of aromatic nitrogens is 2. The molecule has 3 N–H and O–H groups in total. The van der Waals surface area contributed by atoms with E-state index < -0.39 is 0 Å². The number of nitrogens with zero attached hydrogens (tertiary/aromatic N) is 2. The molecule has 0 aliphatic carbocycles. The predicted octanol–water partition coefficient (Wildman–Crippen LogP) is 2.13. The molecule has 0 fully saturated rings. The second kappa shape index (κ2) is 6.21. The molecule has 6 nitrogen and oxygen atoms in total. The van der Waals surface area contributed by atoms with E-state index in [2.05, 4.69) is 9.97 Å². The fraction of sp³-hybridized carbons (Fsp3) is 0.286. The highest BCUT2D eigenvalue weighted by Gasteiger charge is 2.13. The lowest BCUT2D eigenvalue weighted by atomic mass is 10.2. The topological polar surface area (TPSA) is 90.5 Å². The summed E-state index contributed by atoms with van der Waals surface area (Å²) in [6, 6.07) is 7.11.